The molecular weight excluding hydrogens is 745 g/mol. The molecule has 0 heteroatoms. The predicted octanol–water partition coefficient (Wildman–Crippen LogP) is 15.9. The Labute approximate surface area is 364 Å². The van der Waals surface area contributed by atoms with E-state index < -0.39 is 5.41 Å². The van der Waals surface area contributed by atoms with Crippen LogP contribution in [0.15, 0.2) is 212 Å². The second-order valence-corrected chi connectivity index (χ2v) is 18.0. The molecule has 0 nitrogen and oxygen atoms in total. The van der Waals surface area contributed by atoms with E-state index >= 15 is 0 Å². The van der Waals surface area contributed by atoms with E-state index in [2.05, 4.69) is 233 Å². The molecule has 0 N–H and O–H groups in total. The van der Waals surface area contributed by atoms with Gasteiger partial charge in [-0.1, -0.05) is 226 Å². The van der Waals surface area contributed by atoms with Crippen molar-refractivity contribution in [2.24, 2.45) is 0 Å². The van der Waals surface area contributed by atoms with Gasteiger partial charge < -0.3 is 0 Å². The predicted molar refractivity (Wildman–Crippen MR) is 261 cm³/mol. The summed E-state index contributed by atoms with van der Waals surface area (Å²) in [6, 6.07) is 80.2. The topological polar surface area (TPSA) is 0 Å². The maximum atomic E-state index is 2.49. The van der Waals surface area contributed by atoms with Gasteiger partial charge in [0.25, 0.3) is 0 Å². The molecule has 0 saturated carbocycles. The molecule has 1 unspecified atom stereocenters. The van der Waals surface area contributed by atoms with E-state index in [4.69, 9.17) is 0 Å². The van der Waals surface area contributed by atoms with Gasteiger partial charge in [-0.15, -0.1) is 0 Å². The minimum Gasteiger partial charge on any atom is -0.0622 e. The number of fused-ring (bicyclic) bond motifs is 8. The van der Waals surface area contributed by atoms with E-state index in [1.165, 1.54) is 116 Å². The van der Waals surface area contributed by atoms with Gasteiger partial charge in [0.2, 0.25) is 0 Å². The number of aryl methyl sites for hydroxylation is 1. The molecule has 0 fully saturated rings. The molecule has 0 heterocycles. The van der Waals surface area contributed by atoms with Gasteiger partial charge in [-0.3, -0.25) is 0 Å². The minimum atomic E-state index is -0.486. The summed E-state index contributed by atoms with van der Waals surface area (Å²) < 4.78 is 0. The molecule has 0 saturated heterocycles. The zero-order chi connectivity index (χ0) is 41.6. The summed E-state index contributed by atoms with van der Waals surface area (Å²) in [5.74, 6) is 0. The van der Waals surface area contributed by atoms with Crippen LogP contribution in [-0.2, 0) is 17.3 Å². The van der Waals surface area contributed by atoms with Gasteiger partial charge >= 0.3 is 0 Å². The Hall–Kier alpha value is -7.28. The summed E-state index contributed by atoms with van der Waals surface area (Å²) in [6.07, 6.45) is 0.847. The summed E-state index contributed by atoms with van der Waals surface area (Å²) in [6.45, 7) is 6.92. The fourth-order valence-electron chi connectivity index (χ4n) is 11.4. The van der Waals surface area contributed by atoms with Crippen LogP contribution < -0.4 is 0 Å². The van der Waals surface area contributed by atoms with Crippen LogP contribution in [0.1, 0.15) is 63.9 Å². The van der Waals surface area contributed by atoms with Gasteiger partial charge in [0, 0.05) is 5.41 Å². The first kappa shape index (κ1) is 36.6. The average molecular weight is 791 g/mol. The van der Waals surface area contributed by atoms with Gasteiger partial charge in [0.1, 0.15) is 0 Å². The fraction of sp³-hybridized carbons (Fsp3) is 0.0968. The van der Waals surface area contributed by atoms with Crippen LogP contribution in [0.5, 0.6) is 0 Å². The van der Waals surface area contributed by atoms with Crippen LogP contribution in [0.25, 0.3) is 66.1 Å². The van der Waals surface area contributed by atoms with E-state index in [1.807, 2.05) is 0 Å². The SMILES string of the molecule is Cc1ccc2cccc(-c3ccc4c(c3)C(c3ccccc3)(c3ccc(Cc5ccc(-c6cccc7c6-c6ccccc6C7(C)C)c6ccccc56)cc3)c3ccccc3-4)c2c1. The van der Waals surface area contributed by atoms with E-state index in [0.29, 0.717) is 0 Å². The van der Waals surface area contributed by atoms with Crippen molar-refractivity contribution < 1.29 is 0 Å². The van der Waals surface area contributed by atoms with Crippen LogP contribution in [-0.4, -0.2) is 0 Å². The molecule has 2 aliphatic rings. The maximum Gasteiger partial charge on any atom is 0.0713 e. The lowest BCUT2D eigenvalue weighted by molar-refractivity contribution is 0.660. The Kier molecular flexibility index (Phi) is 8.18. The number of hydrogen-bond acceptors (Lipinski definition) is 0. The normalized spacial score (nSPS) is 15.6. The molecule has 0 spiro atoms. The standard InChI is InChI=1S/C62H46/c1-40-27-30-42-15-13-22-48(55(42)37-40)44-32-36-52-51-20-9-12-25-57(51)62(59(52)39-44,45-16-5-4-6-17-45)46-33-28-41(29-34-46)38-43-31-35-50(49-19-8-7-18-47(43)49)53-23-14-26-58-60(53)54-21-10-11-24-56(54)61(58,2)3/h4-37,39H,38H2,1-3H3. The second-order valence-electron chi connectivity index (χ2n) is 18.0. The zero-order valence-corrected chi connectivity index (χ0v) is 35.4. The smallest absolute Gasteiger partial charge is 0.0622 e. The zero-order valence-electron chi connectivity index (χ0n) is 35.4. The first-order valence-electron chi connectivity index (χ1n) is 22.0. The highest BCUT2D eigenvalue weighted by Gasteiger charge is 2.46. The van der Waals surface area contributed by atoms with Crippen LogP contribution in [0.3, 0.4) is 0 Å². The summed E-state index contributed by atoms with van der Waals surface area (Å²) in [7, 11) is 0. The first-order valence-corrected chi connectivity index (χ1v) is 22.0. The number of hydrogen-bond donors (Lipinski definition) is 0. The van der Waals surface area contributed by atoms with E-state index in [-0.39, 0.29) is 5.41 Å². The third-order valence-electron chi connectivity index (χ3n) is 14.3. The van der Waals surface area contributed by atoms with Crippen LogP contribution in [0, 0.1) is 6.92 Å². The second kappa shape index (κ2) is 13.9. The van der Waals surface area contributed by atoms with Crippen molar-refractivity contribution in [2.45, 2.75) is 38.0 Å². The quantitative estimate of drug-likeness (QED) is 0.157. The highest BCUT2D eigenvalue weighted by molar-refractivity contribution is 6.04. The summed E-state index contributed by atoms with van der Waals surface area (Å²) in [5, 5.41) is 5.17. The Morgan fingerprint density at radius 3 is 1.84 bits per heavy atom. The van der Waals surface area contributed by atoms with Crippen molar-refractivity contribution in [3.63, 3.8) is 0 Å². The molecule has 1 atom stereocenters. The monoisotopic (exact) mass is 790 g/mol. The number of rotatable bonds is 6. The molecule has 0 radical (unpaired) electrons. The minimum absolute atomic E-state index is 0.0378. The van der Waals surface area contributed by atoms with Crippen molar-refractivity contribution in [3.8, 4) is 44.5 Å². The van der Waals surface area contributed by atoms with Crippen LogP contribution in [0.2, 0.25) is 0 Å². The molecule has 0 aromatic heterocycles. The molecule has 2 aliphatic carbocycles. The molecule has 0 aliphatic heterocycles. The molecule has 10 aromatic carbocycles. The average Bonchev–Trinajstić information content (AvgIpc) is 3.75. The molecule has 294 valence electrons. The van der Waals surface area contributed by atoms with Gasteiger partial charge in [0.15, 0.2) is 0 Å². The lowest BCUT2D eigenvalue weighted by Gasteiger charge is -2.34. The van der Waals surface area contributed by atoms with E-state index in [1.54, 1.807) is 0 Å². The van der Waals surface area contributed by atoms with Crippen LogP contribution in [0.4, 0.5) is 0 Å². The van der Waals surface area contributed by atoms with Crippen molar-refractivity contribution in [1.82, 2.24) is 0 Å². The third-order valence-corrected chi connectivity index (χ3v) is 14.3. The lowest BCUT2D eigenvalue weighted by Crippen LogP contribution is -2.28. The number of benzene rings is 10. The third kappa shape index (κ3) is 5.33. The largest absolute Gasteiger partial charge is 0.0713 e. The molecule has 10 aromatic rings. The summed E-state index contributed by atoms with van der Waals surface area (Å²) in [4.78, 5) is 0. The first-order chi connectivity index (χ1) is 30.4. The molecule has 12 rings (SSSR count). The lowest BCUT2D eigenvalue weighted by atomic mass is 9.67. The van der Waals surface area contributed by atoms with Gasteiger partial charge in [-0.05, 0) is 130 Å². The van der Waals surface area contributed by atoms with Crippen LogP contribution >= 0.6 is 0 Å². The van der Waals surface area contributed by atoms with E-state index in [9.17, 15) is 0 Å². The molecular formula is C62H46. The van der Waals surface area contributed by atoms with Crippen molar-refractivity contribution in [3.05, 3.63) is 262 Å². The van der Waals surface area contributed by atoms with Crippen molar-refractivity contribution >= 4 is 21.5 Å². The maximum absolute atomic E-state index is 2.49. The van der Waals surface area contributed by atoms with Crippen molar-refractivity contribution in [1.29, 1.82) is 0 Å². The highest BCUT2D eigenvalue weighted by Crippen LogP contribution is 2.57. The Bertz CT molecular complexity index is 3400. The Morgan fingerprint density at radius 2 is 1.00 bits per heavy atom. The van der Waals surface area contributed by atoms with Gasteiger partial charge in [-0.2, -0.15) is 0 Å². The highest BCUT2D eigenvalue weighted by atomic mass is 14.5. The Morgan fingerprint density at radius 1 is 0.371 bits per heavy atom. The summed E-state index contributed by atoms with van der Waals surface area (Å²) >= 11 is 0. The summed E-state index contributed by atoms with van der Waals surface area (Å²) in [5.41, 5.74) is 21.9. The van der Waals surface area contributed by atoms with E-state index in [0.717, 1.165) is 6.42 Å². The van der Waals surface area contributed by atoms with Gasteiger partial charge in [-0.25, -0.2) is 0 Å². The van der Waals surface area contributed by atoms with Crippen molar-refractivity contribution in [2.75, 3.05) is 0 Å². The fourth-order valence-corrected chi connectivity index (χ4v) is 11.4. The molecule has 62 heavy (non-hydrogen) atoms. The molecule has 0 amide bonds. The molecule has 0 bridgehead atoms. The van der Waals surface area contributed by atoms with Gasteiger partial charge in [0.05, 0.1) is 5.41 Å². The Balaban J connectivity index is 0.976.